The van der Waals surface area contributed by atoms with Crippen molar-refractivity contribution in [3.05, 3.63) is 17.2 Å². The van der Waals surface area contributed by atoms with E-state index in [9.17, 15) is 0 Å². The molecule has 0 N–H and O–H groups in total. The van der Waals surface area contributed by atoms with Crippen LogP contribution in [0.15, 0.2) is 0 Å². The van der Waals surface area contributed by atoms with E-state index >= 15 is 0 Å². The topological polar surface area (TPSA) is 41.6 Å². The van der Waals surface area contributed by atoms with Gasteiger partial charge in [0, 0.05) is 31.5 Å². The first-order chi connectivity index (χ1) is 8.22. The predicted octanol–water partition coefficient (Wildman–Crippen LogP) is 2.87. The van der Waals surface area contributed by atoms with Gasteiger partial charge in [-0.15, -0.1) is 0 Å². The van der Waals surface area contributed by atoms with Crippen LogP contribution in [-0.2, 0) is 25.8 Å². The lowest BCUT2D eigenvalue weighted by atomic mass is 10.1. The Kier molecular flexibility index (Phi) is 3.83. The summed E-state index contributed by atoms with van der Waals surface area (Å²) < 4.78 is 2.41. The lowest BCUT2D eigenvalue weighted by Gasteiger charge is -2.18. The molecule has 0 atom stereocenters. The summed E-state index contributed by atoms with van der Waals surface area (Å²) in [5.41, 5.74) is 2.59. The molecule has 3 nitrogen and oxygen atoms in total. The summed E-state index contributed by atoms with van der Waals surface area (Å²) in [6.07, 6.45) is 6.15. The molecule has 0 saturated heterocycles. The Labute approximate surface area is 103 Å². The van der Waals surface area contributed by atoms with Gasteiger partial charge in [0.25, 0.3) is 0 Å². The van der Waals surface area contributed by atoms with Crippen LogP contribution in [0.3, 0.4) is 0 Å². The fourth-order valence-corrected chi connectivity index (χ4v) is 2.59. The van der Waals surface area contributed by atoms with Crippen molar-refractivity contribution in [1.29, 1.82) is 5.26 Å². The molecule has 0 aliphatic carbocycles. The highest BCUT2D eigenvalue weighted by atomic mass is 15.1. The SMILES string of the molecule is CC(C)Cc1nc(CCC#N)c2n1CCCC2. The van der Waals surface area contributed by atoms with Gasteiger partial charge in [-0.1, -0.05) is 13.8 Å². The van der Waals surface area contributed by atoms with Crippen LogP contribution >= 0.6 is 0 Å². The van der Waals surface area contributed by atoms with Crippen molar-refractivity contribution < 1.29 is 0 Å². The first kappa shape index (κ1) is 12.2. The standard InChI is InChI=1S/C14H21N3/c1-11(2)10-14-16-12(6-5-8-15)13-7-3-4-9-17(13)14/h11H,3-7,9-10H2,1-2H3. The molecule has 0 bridgehead atoms. The van der Waals surface area contributed by atoms with Gasteiger partial charge in [0.1, 0.15) is 5.82 Å². The van der Waals surface area contributed by atoms with E-state index in [2.05, 4.69) is 24.5 Å². The Hall–Kier alpha value is -1.30. The molecular weight excluding hydrogens is 210 g/mol. The van der Waals surface area contributed by atoms with Gasteiger partial charge in [0.05, 0.1) is 11.8 Å². The van der Waals surface area contributed by atoms with Crippen molar-refractivity contribution in [2.45, 2.75) is 58.9 Å². The number of nitrogens with zero attached hydrogens (tertiary/aromatic N) is 3. The lowest BCUT2D eigenvalue weighted by molar-refractivity contribution is 0.494. The van der Waals surface area contributed by atoms with Crippen LogP contribution in [0.1, 0.15) is 50.3 Å². The molecule has 17 heavy (non-hydrogen) atoms. The molecule has 0 fully saturated rings. The van der Waals surface area contributed by atoms with E-state index < -0.39 is 0 Å². The van der Waals surface area contributed by atoms with Crippen molar-refractivity contribution in [2.24, 2.45) is 5.92 Å². The summed E-state index contributed by atoms with van der Waals surface area (Å²) in [5, 5.41) is 8.70. The van der Waals surface area contributed by atoms with Crippen LogP contribution in [-0.4, -0.2) is 9.55 Å². The van der Waals surface area contributed by atoms with Gasteiger partial charge in [0.2, 0.25) is 0 Å². The summed E-state index contributed by atoms with van der Waals surface area (Å²) in [5.74, 6) is 1.88. The summed E-state index contributed by atoms with van der Waals surface area (Å²) in [4.78, 5) is 4.78. The van der Waals surface area contributed by atoms with Gasteiger partial charge in [-0.25, -0.2) is 4.98 Å². The number of hydrogen-bond donors (Lipinski definition) is 0. The third-order valence-electron chi connectivity index (χ3n) is 3.34. The van der Waals surface area contributed by atoms with Crippen LogP contribution in [0.25, 0.3) is 0 Å². The molecule has 2 heterocycles. The predicted molar refractivity (Wildman–Crippen MR) is 67.6 cm³/mol. The molecule has 92 valence electrons. The van der Waals surface area contributed by atoms with Gasteiger partial charge in [-0.05, 0) is 25.2 Å². The third-order valence-corrected chi connectivity index (χ3v) is 3.34. The van der Waals surface area contributed by atoms with E-state index in [0.29, 0.717) is 12.3 Å². The van der Waals surface area contributed by atoms with Crippen molar-refractivity contribution in [3.8, 4) is 6.07 Å². The zero-order valence-corrected chi connectivity index (χ0v) is 10.9. The molecule has 0 spiro atoms. The highest BCUT2D eigenvalue weighted by Crippen LogP contribution is 2.23. The quantitative estimate of drug-likeness (QED) is 0.799. The van der Waals surface area contributed by atoms with E-state index in [-0.39, 0.29) is 0 Å². The monoisotopic (exact) mass is 231 g/mol. The number of aryl methyl sites for hydroxylation is 1. The van der Waals surface area contributed by atoms with Gasteiger partial charge in [0.15, 0.2) is 0 Å². The minimum absolute atomic E-state index is 0.588. The number of aromatic nitrogens is 2. The Bertz CT molecular complexity index is 423. The maximum atomic E-state index is 8.70. The molecule has 0 saturated carbocycles. The number of imidazole rings is 1. The van der Waals surface area contributed by atoms with E-state index in [0.717, 1.165) is 25.8 Å². The summed E-state index contributed by atoms with van der Waals surface area (Å²) in [6, 6.07) is 2.22. The molecular formula is C14H21N3. The zero-order chi connectivity index (χ0) is 12.3. The number of hydrogen-bond acceptors (Lipinski definition) is 2. The normalized spacial score (nSPS) is 14.7. The molecule has 0 radical (unpaired) electrons. The van der Waals surface area contributed by atoms with E-state index in [4.69, 9.17) is 10.2 Å². The maximum Gasteiger partial charge on any atom is 0.109 e. The molecule has 1 aliphatic rings. The van der Waals surface area contributed by atoms with Gasteiger partial charge < -0.3 is 4.57 Å². The largest absolute Gasteiger partial charge is 0.332 e. The Morgan fingerprint density at radius 3 is 2.94 bits per heavy atom. The highest BCUT2D eigenvalue weighted by Gasteiger charge is 2.19. The van der Waals surface area contributed by atoms with Crippen LogP contribution < -0.4 is 0 Å². The lowest BCUT2D eigenvalue weighted by Crippen LogP contribution is -2.14. The number of rotatable bonds is 4. The highest BCUT2D eigenvalue weighted by molar-refractivity contribution is 5.20. The van der Waals surface area contributed by atoms with Crippen molar-refractivity contribution in [3.63, 3.8) is 0 Å². The minimum Gasteiger partial charge on any atom is -0.332 e. The second kappa shape index (κ2) is 5.35. The van der Waals surface area contributed by atoms with Crippen molar-refractivity contribution in [1.82, 2.24) is 9.55 Å². The molecule has 1 aromatic rings. The zero-order valence-electron chi connectivity index (χ0n) is 10.9. The second-order valence-corrected chi connectivity index (χ2v) is 5.29. The van der Waals surface area contributed by atoms with Crippen LogP contribution in [0, 0.1) is 17.2 Å². The average molecular weight is 231 g/mol. The summed E-state index contributed by atoms with van der Waals surface area (Å²) in [7, 11) is 0. The molecule has 0 aromatic carbocycles. The van der Waals surface area contributed by atoms with E-state index in [1.807, 2.05) is 0 Å². The Morgan fingerprint density at radius 1 is 1.41 bits per heavy atom. The number of nitriles is 1. The molecule has 1 aromatic heterocycles. The van der Waals surface area contributed by atoms with Crippen molar-refractivity contribution >= 4 is 0 Å². The Balaban J connectivity index is 2.27. The van der Waals surface area contributed by atoms with E-state index in [1.165, 1.54) is 30.1 Å². The molecule has 1 aliphatic heterocycles. The maximum absolute atomic E-state index is 8.70. The van der Waals surface area contributed by atoms with Gasteiger partial charge in [-0.3, -0.25) is 0 Å². The summed E-state index contributed by atoms with van der Waals surface area (Å²) >= 11 is 0. The van der Waals surface area contributed by atoms with Gasteiger partial charge >= 0.3 is 0 Å². The molecule has 0 amide bonds. The molecule has 3 heteroatoms. The minimum atomic E-state index is 0.588. The first-order valence-electron chi connectivity index (χ1n) is 6.66. The molecule has 0 unspecified atom stereocenters. The van der Waals surface area contributed by atoms with Crippen LogP contribution in [0.5, 0.6) is 0 Å². The van der Waals surface area contributed by atoms with Crippen molar-refractivity contribution in [2.75, 3.05) is 0 Å². The van der Waals surface area contributed by atoms with Crippen LogP contribution in [0.4, 0.5) is 0 Å². The summed E-state index contributed by atoms with van der Waals surface area (Å²) in [6.45, 7) is 5.59. The van der Waals surface area contributed by atoms with E-state index in [1.54, 1.807) is 0 Å². The molecule has 2 rings (SSSR count). The first-order valence-corrected chi connectivity index (χ1v) is 6.66. The average Bonchev–Trinajstić information content (AvgIpc) is 2.65. The third kappa shape index (κ3) is 2.69. The Morgan fingerprint density at radius 2 is 2.24 bits per heavy atom. The smallest absolute Gasteiger partial charge is 0.109 e. The fourth-order valence-electron chi connectivity index (χ4n) is 2.59. The second-order valence-electron chi connectivity index (χ2n) is 5.29. The van der Waals surface area contributed by atoms with Gasteiger partial charge in [-0.2, -0.15) is 5.26 Å². The number of fused-ring (bicyclic) bond motifs is 1. The fraction of sp³-hybridized carbons (Fsp3) is 0.714. The van der Waals surface area contributed by atoms with Crippen LogP contribution in [0.2, 0.25) is 0 Å².